The van der Waals surface area contributed by atoms with Gasteiger partial charge < -0.3 is 10.5 Å². The van der Waals surface area contributed by atoms with Gasteiger partial charge in [-0.15, -0.1) is 0 Å². The van der Waals surface area contributed by atoms with E-state index in [1.807, 2.05) is 0 Å². The quantitative estimate of drug-likeness (QED) is 0.654. The summed E-state index contributed by atoms with van der Waals surface area (Å²) < 4.78 is 28.1. The number of nitrogens with two attached hydrogens (primary N) is 1. The van der Waals surface area contributed by atoms with Gasteiger partial charge in [0.15, 0.2) is 0 Å². The molecular formula is C6H13F2NO. The van der Waals surface area contributed by atoms with Crippen LogP contribution >= 0.6 is 0 Å². The van der Waals surface area contributed by atoms with Gasteiger partial charge in [-0.2, -0.15) is 0 Å². The van der Waals surface area contributed by atoms with Crippen LogP contribution in [0.2, 0.25) is 0 Å². The maximum atomic E-state index is 11.7. The predicted octanol–water partition coefficient (Wildman–Crippen LogP) is 1.01. The Bertz CT molecular complexity index is 95.7. The highest BCUT2D eigenvalue weighted by Gasteiger charge is 2.23. The van der Waals surface area contributed by atoms with Gasteiger partial charge >= 0.3 is 0 Å². The molecular weight excluding hydrogens is 140 g/mol. The van der Waals surface area contributed by atoms with Gasteiger partial charge in [-0.3, -0.25) is 0 Å². The van der Waals surface area contributed by atoms with Gasteiger partial charge in [0.2, 0.25) is 6.43 Å². The van der Waals surface area contributed by atoms with Crippen LogP contribution in [0.25, 0.3) is 0 Å². The molecule has 0 bridgehead atoms. The standard InChI is InChI=1S/C6H13F2NO/c1-6(9,4-10-2)3-5(7)8/h5H,3-4,9H2,1-2H3. The van der Waals surface area contributed by atoms with Crippen LogP contribution in [0.15, 0.2) is 0 Å². The van der Waals surface area contributed by atoms with Crippen LogP contribution in [0.5, 0.6) is 0 Å². The molecule has 4 heteroatoms. The third-order valence-electron chi connectivity index (χ3n) is 1.09. The zero-order chi connectivity index (χ0) is 8.20. The Morgan fingerprint density at radius 3 is 2.40 bits per heavy atom. The van der Waals surface area contributed by atoms with Gasteiger partial charge in [0, 0.05) is 19.1 Å². The number of hydrogen-bond acceptors (Lipinski definition) is 2. The molecule has 0 spiro atoms. The maximum Gasteiger partial charge on any atom is 0.240 e. The van der Waals surface area contributed by atoms with Crippen LogP contribution in [0, 0.1) is 0 Å². The molecule has 0 heterocycles. The first-order chi connectivity index (χ1) is 4.48. The van der Waals surface area contributed by atoms with E-state index in [1.54, 1.807) is 6.92 Å². The first-order valence-electron chi connectivity index (χ1n) is 3.04. The van der Waals surface area contributed by atoms with Crippen molar-refractivity contribution in [3.63, 3.8) is 0 Å². The highest BCUT2D eigenvalue weighted by molar-refractivity contribution is 4.78. The molecule has 0 aromatic carbocycles. The van der Waals surface area contributed by atoms with Crippen molar-refractivity contribution >= 4 is 0 Å². The molecule has 2 nitrogen and oxygen atoms in total. The van der Waals surface area contributed by atoms with Crippen molar-refractivity contribution in [1.29, 1.82) is 0 Å². The summed E-state index contributed by atoms with van der Waals surface area (Å²) in [6.07, 6.45) is -2.67. The Labute approximate surface area is 59.3 Å². The van der Waals surface area contributed by atoms with Crippen molar-refractivity contribution in [2.24, 2.45) is 5.73 Å². The van der Waals surface area contributed by atoms with Crippen molar-refractivity contribution in [2.75, 3.05) is 13.7 Å². The Balaban J connectivity index is 3.63. The average molecular weight is 153 g/mol. The summed E-state index contributed by atoms with van der Waals surface area (Å²) in [6.45, 7) is 1.71. The maximum absolute atomic E-state index is 11.7. The topological polar surface area (TPSA) is 35.2 Å². The van der Waals surface area contributed by atoms with E-state index in [2.05, 4.69) is 4.74 Å². The third kappa shape index (κ3) is 4.64. The lowest BCUT2D eigenvalue weighted by molar-refractivity contribution is 0.0683. The van der Waals surface area contributed by atoms with Crippen molar-refractivity contribution in [3.8, 4) is 0 Å². The zero-order valence-corrected chi connectivity index (χ0v) is 6.23. The van der Waals surface area contributed by atoms with E-state index in [-0.39, 0.29) is 13.0 Å². The normalized spacial score (nSPS) is 17.4. The minimum absolute atomic E-state index is 0.164. The Morgan fingerprint density at radius 1 is 1.60 bits per heavy atom. The van der Waals surface area contributed by atoms with Crippen LogP contribution in [0.1, 0.15) is 13.3 Å². The van der Waals surface area contributed by atoms with E-state index in [4.69, 9.17) is 5.73 Å². The van der Waals surface area contributed by atoms with Crippen molar-refractivity contribution in [3.05, 3.63) is 0 Å². The smallest absolute Gasteiger partial charge is 0.240 e. The Kier molecular flexibility index (Phi) is 3.75. The molecule has 0 saturated carbocycles. The largest absolute Gasteiger partial charge is 0.383 e. The van der Waals surface area contributed by atoms with Gasteiger partial charge in [-0.25, -0.2) is 8.78 Å². The lowest BCUT2D eigenvalue weighted by Crippen LogP contribution is -2.42. The molecule has 0 amide bonds. The van der Waals surface area contributed by atoms with Crippen molar-refractivity contribution in [2.45, 2.75) is 25.3 Å². The minimum atomic E-state index is -2.36. The first-order valence-corrected chi connectivity index (χ1v) is 3.04. The van der Waals surface area contributed by atoms with E-state index < -0.39 is 12.0 Å². The molecule has 0 aromatic rings. The molecule has 1 unspecified atom stereocenters. The van der Waals surface area contributed by atoms with Crippen LogP contribution in [-0.2, 0) is 4.74 Å². The molecule has 0 aromatic heterocycles. The van der Waals surface area contributed by atoms with Gasteiger partial charge in [0.25, 0.3) is 0 Å². The summed E-state index contributed by atoms with van der Waals surface area (Å²) in [6, 6.07) is 0. The molecule has 0 fully saturated rings. The fourth-order valence-electron chi connectivity index (χ4n) is 0.741. The van der Waals surface area contributed by atoms with Crippen LogP contribution in [0.3, 0.4) is 0 Å². The number of ether oxygens (including phenoxy) is 1. The molecule has 0 radical (unpaired) electrons. The highest BCUT2D eigenvalue weighted by Crippen LogP contribution is 2.12. The van der Waals surface area contributed by atoms with Crippen LogP contribution in [-0.4, -0.2) is 25.7 Å². The highest BCUT2D eigenvalue weighted by atomic mass is 19.3. The molecule has 0 aliphatic carbocycles. The monoisotopic (exact) mass is 153 g/mol. The first kappa shape index (κ1) is 9.78. The third-order valence-corrected chi connectivity index (χ3v) is 1.09. The molecule has 0 rings (SSSR count). The summed E-state index contributed by atoms with van der Waals surface area (Å²) in [5, 5.41) is 0. The van der Waals surface area contributed by atoms with Crippen molar-refractivity contribution in [1.82, 2.24) is 0 Å². The molecule has 0 saturated heterocycles. The minimum Gasteiger partial charge on any atom is -0.383 e. The zero-order valence-electron chi connectivity index (χ0n) is 6.23. The van der Waals surface area contributed by atoms with Crippen molar-refractivity contribution < 1.29 is 13.5 Å². The second-order valence-corrected chi connectivity index (χ2v) is 2.68. The van der Waals surface area contributed by atoms with Crippen LogP contribution in [0.4, 0.5) is 8.78 Å². The van der Waals surface area contributed by atoms with E-state index in [0.29, 0.717) is 0 Å². The Morgan fingerprint density at radius 2 is 2.10 bits per heavy atom. The Hall–Kier alpha value is -0.220. The lowest BCUT2D eigenvalue weighted by atomic mass is 10.0. The van der Waals surface area contributed by atoms with Gasteiger partial charge in [-0.1, -0.05) is 0 Å². The number of halogens is 2. The SMILES string of the molecule is COCC(C)(N)CC(F)F. The summed E-state index contributed by atoms with van der Waals surface area (Å²) in [5.74, 6) is 0. The van der Waals surface area contributed by atoms with Crippen LogP contribution < -0.4 is 5.73 Å². The molecule has 2 N–H and O–H groups in total. The second-order valence-electron chi connectivity index (χ2n) is 2.68. The van der Waals surface area contributed by atoms with Gasteiger partial charge in [0.05, 0.1) is 6.61 Å². The molecule has 10 heavy (non-hydrogen) atoms. The summed E-state index contributed by atoms with van der Waals surface area (Å²) in [5.41, 5.74) is 4.52. The fourth-order valence-corrected chi connectivity index (χ4v) is 0.741. The van der Waals surface area contributed by atoms with Gasteiger partial charge in [0.1, 0.15) is 0 Å². The molecule has 0 aliphatic rings. The lowest BCUT2D eigenvalue weighted by Gasteiger charge is -2.22. The number of methoxy groups -OCH3 is 1. The number of rotatable bonds is 4. The van der Waals surface area contributed by atoms with Gasteiger partial charge in [-0.05, 0) is 6.92 Å². The average Bonchev–Trinajstić information content (AvgIpc) is 1.59. The fraction of sp³-hybridized carbons (Fsp3) is 1.00. The number of hydrogen-bond donors (Lipinski definition) is 1. The second kappa shape index (κ2) is 3.83. The van der Waals surface area contributed by atoms with E-state index in [0.717, 1.165) is 0 Å². The molecule has 1 atom stereocenters. The molecule has 62 valence electrons. The molecule has 0 aliphatic heterocycles. The van der Waals surface area contributed by atoms with E-state index >= 15 is 0 Å². The summed E-state index contributed by atoms with van der Waals surface area (Å²) in [7, 11) is 1.44. The van der Waals surface area contributed by atoms with E-state index in [9.17, 15) is 8.78 Å². The predicted molar refractivity (Wildman–Crippen MR) is 35.1 cm³/mol. The summed E-state index contributed by atoms with van der Waals surface area (Å²) >= 11 is 0. The number of alkyl halides is 2. The summed E-state index contributed by atoms with van der Waals surface area (Å²) in [4.78, 5) is 0. The van der Waals surface area contributed by atoms with E-state index in [1.165, 1.54) is 7.11 Å².